The van der Waals surface area contributed by atoms with E-state index >= 15 is 0 Å². The third-order valence-electron chi connectivity index (χ3n) is 5.38. The number of rotatable bonds is 9. The van der Waals surface area contributed by atoms with Crippen LogP contribution in [-0.2, 0) is 17.9 Å². The van der Waals surface area contributed by atoms with Crippen LogP contribution in [0, 0.1) is 17.8 Å². The van der Waals surface area contributed by atoms with Gasteiger partial charge in [-0.05, 0) is 42.7 Å². The Kier molecular flexibility index (Phi) is 8.19. The van der Waals surface area contributed by atoms with Crippen LogP contribution in [0.25, 0.3) is 0 Å². The van der Waals surface area contributed by atoms with Crippen molar-refractivity contribution in [1.82, 2.24) is 19.7 Å². The zero-order chi connectivity index (χ0) is 21.5. The van der Waals surface area contributed by atoms with Crippen LogP contribution >= 0.6 is 11.8 Å². The Morgan fingerprint density at radius 2 is 1.87 bits per heavy atom. The molecule has 0 spiro atoms. The van der Waals surface area contributed by atoms with E-state index in [-0.39, 0.29) is 5.91 Å². The Hall–Kier alpha value is -2.02. The lowest BCUT2D eigenvalue weighted by Gasteiger charge is -2.35. The summed E-state index contributed by atoms with van der Waals surface area (Å²) in [7, 11) is 0. The first-order chi connectivity index (χ1) is 14.4. The summed E-state index contributed by atoms with van der Waals surface area (Å²) in [5.41, 5.74) is 0. The standard InChI is InChI=1S/C23H34N4O2S/c1-17(2)10-11-27-21(15-29-20-8-6-5-7-9-20)24-25-23(27)30-16-22(28)26-13-18(3)12-19(4)14-26/h5-9,17-19H,10-16H2,1-4H3. The lowest BCUT2D eigenvalue weighted by Crippen LogP contribution is -2.43. The average molecular weight is 431 g/mol. The van der Waals surface area contributed by atoms with Crippen molar-refractivity contribution < 1.29 is 9.53 Å². The van der Waals surface area contributed by atoms with Gasteiger partial charge in [0.1, 0.15) is 12.4 Å². The molecule has 30 heavy (non-hydrogen) atoms. The van der Waals surface area contributed by atoms with Crippen LogP contribution < -0.4 is 4.74 Å². The first-order valence-electron chi connectivity index (χ1n) is 10.9. The van der Waals surface area contributed by atoms with E-state index in [1.54, 1.807) is 0 Å². The third-order valence-corrected chi connectivity index (χ3v) is 6.33. The molecule has 6 nitrogen and oxygen atoms in total. The number of hydrogen-bond acceptors (Lipinski definition) is 5. The summed E-state index contributed by atoms with van der Waals surface area (Å²) >= 11 is 1.49. The molecule has 0 radical (unpaired) electrons. The summed E-state index contributed by atoms with van der Waals surface area (Å²) in [6.07, 6.45) is 2.23. The Labute approximate surface area is 184 Å². The van der Waals surface area contributed by atoms with Crippen LogP contribution in [0.2, 0.25) is 0 Å². The van der Waals surface area contributed by atoms with E-state index < -0.39 is 0 Å². The second-order valence-electron chi connectivity index (χ2n) is 8.87. The topological polar surface area (TPSA) is 60.2 Å². The van der Waals surface area contributed by atoms with Gasteiger partial charge in [-0.2, -0.15) is 0 Å². The van der Waals surface area contributed by atoms with Gasteiger partial charge in [0.15, 0.2) is 11.0 Å². The number of hydrogen-bond donors (Lipinski definition) is 0. The molecule has 1 amide bonds. The lowest BCUT2D eigenvalue weighted by atomic mass is 9.92. The Morgan fingerprint density at radius 1 is 1.17 bits per heavy atom. The van der Waals surface area contributed by atoms with E-state index in [1.165, 1.54) is 18.2 Å². The van der Waals surface area contributed by atoms with Gasteiger partial charge in [0.05, 0.1) is 5.75 Å². The smallest absolute Gasteiger partial charge is 0.233 e. The van der Waals surface area contributed by atoms with E-state index in [4.69, 9.17) is 4.74 Å². The van der Waals surface area contributed by atoms with Crippen molar-refractivity contribution in [2.75, 3.05) is 18.8 Å². The van der Waals surface area contributed by atoms with E-state index in [0.717, 1.165) is 42.8 Å². The predicted octanol–water partition coefficient (Wildman–Crippen LogP) is 4.50. The molecule has 0 saturated carbocycles. The van der Waals surface area contributed by atoms with E-state index in [1.807, 2.05) is 35.2 Å². The number of piperidine rings is 1. The largest absolute Gasteiger partial charge is 0.486 e. The first kappa shape index (κ1) is 22.7. The molecule has 7 heteroatoms. The number of benzene rings is 1. The number of nitrogens with zero attached hydrogens (tertiary/aromatic N) is 4. The lowest BCUT2D eigenvalue weighted by molar-refractivity contribution is -0.130. The second-order valence-corrected chi connectivity index (χ2v) is 9.81. The van der Waals surface area contributed by atoms with Crippen molar-refractivity contribution in [3.63, 3.8) is 0 Å². The Bertz CT molecular complexity index is 799. The van der Waals surface area contributed by atoms with Gasteiger partial charge in [-0.1, -0.05) is 57.7 Å². The van der Waals surface area contributed by atoms with E-state index in [9.17, 15) is 4.79 Å². The highest BCUT2D eigenvalue weighted by Crippen LogP contribution is 2.24. The quantitative estimate of drug-likeness (QED) is 0.548. The number of carbonyl (C=O) groups is 1. The van der Waals surface area contributed by atoms with Crippen LogP contribution in [0.4, 0.5) is 0 Å². The summed E-state index contributed by atoms with van der Waals surface area (Å²) < 4.78 is 8.00. The average Bonchev–Trinajstić information content (AvgIpc) is 3.10. The predicted molar refractivity (Wildman–Crippen MR) is 121 cm³/mol. The molecule has 164 valence electrons. The molecule has 2 aromatic rings. The molecule has 2 atom stereocenters. The Balaban J connectivity index is 1.64. The number of amides is 1. The molecule has 1 fully saturated rings. The minimum atomic E-state index is 0.193. The monoisotopic (exact) mass is 430 g/mol. The highest BCUT2D eigenvalue weighted by Gasteiger charge is 2.26. The normalized spacial score (nSPS) is 19.3. The van der Waals surface area contributed by atoms with Gasteiger partial charge in [0.2, 0.25) is 5.91 Å². The molecule has 1 aliphatic heterocycles. The molecule has 0 bridgehead atoms. The van der Waals surface area contributed by atoms with Crippen LogP contribution in [0.5, 0.6) is 5.75 Å². The molecule has 0 N–H and O–H groups in total. The molecule has 1 aromatic heterocycles. The minimum Gasteiger partial charge on any atom is -0.486 e. The number of ether oxygens (including phenoxy) is 1. The molecule has 0 aliphatic carbocycles. The van der Waals surface area contributed by atoms with Gasteiger partial charge in [0, 0.05) is 19.6 Å². The van der Waals surface area contributed by atoms with Crippen molar-refractivity contribution in [3.05, 3.63) is 36.2 Å². The van der Waals surface area contributed by atoms with Crippen molar-refractivity contribution in [1.29, 1.82) is 0 Å². The van der Waals surface area contributed by atoms with Gasteiger partial charge in [-0.3, -0.25) is 4.79 Å². The molecule has 2 heterocycles. The zero-order valence-corrected chi connectivity index (χ0v) is 19.4. The maximum atomic E-state index is 12.8. The maximum Gasteiger partial charge on any atom is 0.233 e. The fraction of sp³-hybridized carbons (Fsp3) is 0.609. The fourth-order valence-electron chi connectivity index (χ4n) is 3.89. The third kappa shape index (κ3) is 6.49. The van der Waals surface area contributed by atoms with Gasteiger partial charge in [-0.15, -0.1) is 10.2 Å². The molecule has 1 aromatic carbocycles. The van der Waals surface area contributed by atoms with Crippen molar-refractivity contribution in [3.8, 4) is 5.75 Å². The van der Waals surface area contributed by atoms with Crippen LogP contribution in [-0.4, -0.2) is 44.4 Å². The van der Waals surface area contributed by atoms with Crippen molar-refractivity contribution in [2.45, 2.75) is 58.8 Å². The number of thioether (sulfide) groups is 1. The van der Waals surface area contributed by atoms with Crippen molar-refractivity contribution >= 4 is 17.7 Å². The van der Waals surface area contributed by atoms with Crippen LogP contribution in [0.15, 0.2) is 35.5 Å². The molecular formula is C23H34N4O2S. The number of aromatic nitrogens is 3. The Morgan fingerprint density at radius 3 is 2.53 bits per heavy atom. The summed E-state index contributed by atoms with van der Waals surface area (Å²) in [5, 5.41) is 9.54. The van der Waals surface area contributed by atoms with Gasteiger partial charge >= 0.3 is 0 Å². The summed E-state index contributed by atoms with van der Waals surface area (Å²) in [5.74, 6) is 3.92. The molecule has 2 unspecified atom stereocenters. The van der Waals surface area contributed by atoms with Gasteiger partial charge in [0.25, 0.3) is 0 Å². The molecular weight excluding hydrogens is 396 g/mol. The first-order valence-corrected chi connectivity index (χ1v) is 11.9. The molecule has 1 aliphatic rings. The fourth-order valence-corrected chi connectivity index (χ4v) is 4.78. The summed E-state index contributed by atoms with van der Waals surface area (Å²) in [4.78, 5) is 14.8. The summed E-state index contributed by atoms with van der Waals surface area (Å²) in [6, 6.07) is 9.74. The second kappa shape index (κ2) is 10.8. The van der Waals surface area contributed by atoms with E-state index in [0.29, 0.717) is 30.1 Å². The number of carbonyl (C=O) groups excluding carboxylic acids is 1. The van der Waals surface area contributed by atoms with Gasteiger partial charge in [-0.25, -0.2) is 0 Å². The zero-order valence-electron chi connectivity index (χ0n) is 18.6. The highest BCUT2D eigenvalue weighted by atomic mass is 32.2. The van der Waals surface area contributed by atoms with Crippen LogP contribution in [0.1, 0.15) is 46.4 Å². The van der Waals surface area contributed by atoms with Crippen LogP contribution in [0.3, 0.4) is 0 Å². The minimum absolute atomic E-state index is 0.193. The highest BCUT2D eigenvalue weighted by molar-refractivity contribution is 7.99. The SMILES string of the molecule is CC(C)CCn1c(COc2ccccc2)nnc1SCC(=O)N1CC(C)CC(C)C1. The van der Waals surface area contributed by atoms with Crippen molar-refractivity contribution in [2.24, 2.45) is 17.8 Å². The van der Waals surface area contributed by atoms with Gasteiger partial charge < -0.3 is 14.2 Å². The molecule has 1 saturated heterocycles. The number of likely N-dealkylation sites (tertiary alicyclic amines) is 1. The number of para-hydroxylation sites is 1. The van der Waals surface area contributed by atoms with E-state index in [2.05, 4.69) is 42.5 Å². The maximum absolute atomic E-state index is 12.8. The summed E-state index contributed by atoms with van der Waals surface area (Å²) in [6.45, 7) is 11.8. The molecule has 3 rings (SSSR count).